The maximum atomic E-state index is 12.6. The number of halogens is 1. The summed E-state index contributed by atoms with van der Waals surface area (Å²) in [7, 11) is 0. The highest BCUT2D eigenvalue weighted by Crippen LogP contribution is 2.31. The molecular weight excluding hydrogens is 366 g/mol. The molecule has 1 N–H and O–H groups in total. The molecule has 6 heteroatoms. The summed E-state index contributed by atoms with van der Waals surface area (Å²) in [6.45, 7) is 9.25. The molecule has 0 saturated heterocycles. The number of amides is 1. The molecule has 2 aromatic rings. The van der Waals surface area contributed by atoms with Gasteiger partial charge >= 0.3 is 0 Å². The zero-order valence-electron chi connectivity index (χ0n) is 16.2. The minimum Gasteiger partial charge on any atom is -0.492 e. The predicted octanol–water partition coefficient (Wildman–Crippen LogP) is 5.03. The van der Waals surface area contributed by atoms with Gasteiger partial charge in [-0.2, -0.15) is 0 Å². The number of carbonyl (C=O) groups is 1. The van der Waals surface area contributed by atoms with Crippen molar-refractivity contribution in [3.05, 3.63) is 52.5 Å². The second kappa shape index (κ2) is 10.1. The third kappa shape index (κ3) is 5.54. The number of carbonyl (C=O) groups excluding carboxylic acids is 1. The molecule has 0 spiro atoms. The molecule has 0 aliphatic rings. The van der Waals surface area contributed by atoms with E-state index in [1.807, 2.05) is 45.9 Å². The summed E-state index contributed by atoms with van der Waals surface area (Å²) in [5.74, 6) is 1.72. The van der Waals surface area contributed by atoms with Crippen molar-refractivity contribution >= 4 is 17.5 Å². The average Bonchev–Trinajstić information content (AvgIpc) is 2.65. The third-order valence-corrected chi connectivity index (χ3v) is 4.20. The Morgan fingerprint density at radius 2 is 1.52 bits per heavy atom. The Labute approximate surface area is 165 Å². The molecule has 27 heavy (non-hydrogen) atoms. The zero-order valence-corrected chi connectivity index (χ0v) is 16.9. The van der Waals surface area contributed by atoms with Crippen LogP contribution >= 0.6 is 11.6 Å². The lowest BCUT2D eigenvalue weighted by Crippen LogP contribution is -2.26. The number of rotatable bonds is 9. The van der Waals surface area contributed by atoms with Gasteiger partial charge < -0.3 is 19.5 Å². The molecule has 0 aromatic heterocycles. The maximum absolute atomic E-state index is 12.6. The lowest BCUT2D eigenvalue weighted by molar-refractivity contribution is 0.0939. The first kappa shape index (κ1) is 20.9. The number of ether oxygens (including phenoxy) is 3. The van der Waals surface area contributed by atoms with Gasteiger partial charge in [-0.1, -0.05) is 17.7 Å². The first-order valence-electron chi connectivity index (χ1n) is 9.12. The minimum absolute atomic E-state index is 0.209. The van der Waals surface area contributed by atoms with Crippen molar-refractivity contribution in [1.82, 2.24) is 5.32 Å². The largest absolute Gasteiger partial charge is 0.492 e. The molecule has 0 radical (unpaired) electrons. The zero-order chi connectivity index (χ0) is 19.8. The summed E-state index contributed by atoms with van der Waals surface area (Å²) in [5.41, 5.74) is 1.40. The van der Waals surface area contributed by atoms with Crippen LogP contribution in [0.2, 0.25) is 5.02 Å². The normalized spacial score (nSPS) is 11.6. The van der Waals surface area contributed by atoms with Gasteiger partial charge in [0.2, 0.25) is 0 Å². The van der Waals surface area contributed by atoms with Crippen molar-refractivity contribution in [3.63, 3.8) is 0 Å². The number of nitrogens with one attached hydrogen (secondary N) is 1. The van der Waals surface area contributed by atoms with Gasteiger partial charge in [0.05, 0.1) is 30.9 Å². The van der Waals surface area contributed by atoms with E-state index in [9.17, 15) is 4.79 Å². The van der Waals surface area contributed by atoms with Crippen molar-refractivity contribution in [1.29, 1.82) is 0 Å². The van der Waals surface area contributed by atoms with Gasteiger partial charge in [-0.3, -0.25) is 4.79 Å². The Morgan fingerprint density at radius 3 is 2.15 bits per heavy atom. The summed E-state index contributed by atoms with van der Waals surface area (Å²) in [6.07, 6.45) is 0. The Balaban J connectivity index is 2.14. The smallest absolute Gasteiger partial charge is 0.251 e. The molecule has 0 bridgehead atoms. The SMILES string of the molecule is CCOc1ccc(C(=O)N[C@H](C)c2ccc(OCC)c(OCC)c2)cc1Cl. The van der Waals surface area contributed by atoms with Crippen LogP contribution in [0, 0.1) is 0 Å². The fraction of sp³-hybridized carbons (Fsp3) is 0.381. The second-order valence-corrected chi connectivity index (χ2v) is 6.25. The Bertz CT molecular complexity index is 779. The molecule has 5 nitrogen and oxygen atoms in total. The standard InChI is InChI=1S/C21H26ClNO4/c1-5-25-18-10-9-16(12-17(18)22)21(24)23-14(4)15-8-11-19(26-6-2)20(13-15)27-7-3/h8-14H,5-7H2,1-4H3,(H,23,24)/t14-/m1/s1. The highest BCUT2D eigenvalue weighted by Gasteiger charge is 2.15. The van der Waals surface area contributed by atoms with E-state index in [2.05, 4.69) is 5.32 Å². The molecule has 0 unspecified atom stereocenters. The monoisotopic (exact) mass is 391 g/mol. The van der Waals surface area contributed by atoms with E-state index in [-0.39, 0.29) is 11.9 Å². The molecule has 0 heterocycles. The van der Waals surface area contributed by atoms with Crippen LogP contribution in [0.5, 0.6) is 17.2 Å². The van der Waals surface area contributed by atoms with Crippen LogP contribution in [-0.2, 0) is 0 Å². The van der Waals surface area contributed by atoms with E-state index in [0.29, 0.717) is 47.7 Å². The summed E-state index contributed by atoms with van der Waals surface area (Å²) in [6, 6.07) is 10.5. The second-order valence-electron chi connectivity index (χ2n) is 5.85. The minimum atomic E-state index is -0.210. The summed E-state index contributed by atoms with van der Waals surface area (Å²) >= 11 is 6.17. The van der Waals surface area contributed by atoms with Crippen LogP contribution in [-0.4, -0.2) is 25.7 Å². The van der Waals surface area contributed by atoms with Crippen molar-refractivity contribution in [3.8, 4) is 17.2 Å². The molecular formula is C21H26ClNO4. The molecule has 2 rings (SSSR count). The van der Waals surface area contributed by atoms with E-state index < -0.39 is 0 Å². The van der Waals surface area contributed by atoms with Gasteiger partial charge in [0, 0.05) is 5.56 Å². The topological polar surface area (TPSA) is 56.8 Å². The van der Waals surface area contributed by atoms with Gasteiger partial charge in [-0.05, 0) is 63.6 Å². The van der Waals surface area contributed by atoms with Crippen LogP contribution in [0.4, 0.5) is 0 Å². The van der Waals surface area contributed by atoms with Crippen molar-refractivity contribution in [2.45, 2.75) is 33.7 Å². The van der Waals surface area contributed by atoms with Crippen LogP contribution in [0.15, 0.2) is 36.4 Å². The van der Waals surface area contributed by atoms with E-state index in [0.717, 1.165) is 5.56 Å². The Morgan fingerprint density at radius 1 is 0.926 bits per heavy atom. The first-order chi connectivity index (χ1) is 13.0. The van der Waals surface area contributed by atoms with E-state index in [1.54, 1.807) is 18.2 Å². The summed E-state index contributed by atoms with van der Waals surface area (Å²) in [5, 5.41) is 3.39. The fourth-order valence-electron chi connectivity index (χ4n) is 2.61. The third-order valence-electron chi connectivity index (χ3n) is 3.91. The van der Waals surface area contributed by atoms with Crippen LogP contribution in [0.25, 0.3) is 0 Å². The Hall–Kier alpha value is -2.40. The Kier molecular flexibility index (Phi) is 7.80. The molecule has 0 aliphatic carbocycles. The summed E-state index contributed by atoms with van der Waals surface area (Å²) < 4.78 is 16.6. The highest BCUT2D eigenvalue weighted by atomic mass is 35.5. The number of benzene rings is 2. The lowest BCUT2D eigenvalue weighted by atomic mass is 10.1. The average molecular weight is 392 g/mol. The lowest BCUT2D eigenvalue weighted by Gasteiger charge is -2.18. The van der Waals surface area contributed by atoms with E-state index >= 15 is 0 Å². The van der Waals surface area contributed by atoms with Crippen molar-refractivity contribution in [2.75, 3.05) is 19.8 Å². The van der Waals surface area contributed by atoms with Crippen LogP contribution in [0.3, 0.4) is 0 Å². The quantitative estimate of drug-likeness (QED) is 0.651. The number of hydrogen-bond acceptors (Lipinski definition) is 4. The molecule has 2 aromatic carbocycles. The molecule has 1 amide bonds. The fourth-order valence-corrected chi connectivity index (χ4v) is 2.85. The van der Waals surface area contributed by atoms with E-state index in [4.69, 9.17) is 25.8 Å². The van der Waals surface area contributed by atoms with Crippen molar-refractivity contribution in [2.24, 2.45) is 0 Å². The maximum Gasteiger partial charge on any atom is 0.251 e. The van der Waals surface area contributed by atoms with Gasteiger partial charge in [0.25, 0.3) is 5.91 Å². The molecule has 1 atom stereocenters. The van der Waals surface area contributed by atoms with Crippen LogP contribution in [0.1, 0.15) is 49.7 Å². The van der Waals surface area contributed by atoms with Gasteiger partial charge in [-0.15, -0.1) is 0 Å². The van der Waals surface area contributed by atoms with E-state index in [1.165, 1.54) is 0 Å². The predicted molar refractivity (Wildman–Crippen MR) is 107 cm³/mol. The molecule has 146 valence electrons. The molecule has 0 fully saturated rings. The van der Waals surface area contributed by atoms with Gasteiger partial charge in [-0.25, -0.2) is 0 Å². The highest BCUT2D eigenvalue weighted by molar-refractivity contribution is 6.32. The molecule has 0 saturated carbocycles. The summed E-state index contributed by atoms with van der Waals surface area (Å²) in [4.78, 5) is 12.6. The number of hydrogen-bond donors (Lipinski definition) is 1. The van der Waals surface area contributed by atoms with Gasteiger partial charge in [0.15, 0.2) is 11.5 Å². The molecule has 0 aliphatic heterocycles. The van der Waals surface area contributed by atoms with Crippen molar-refractivity contribution < 1.29 is 19.0 Å². The first-order valence-corrected chi connectivity index (χ1v) is 9.50. The van der Waals surface area contributed by atoms with Gasteiger partial charge in [0.1, 0.15) is 5.75 Å². The van der Waals surface area contributed by atoms with Crippen LogP contribution < -0.4 is 19.5 Å².